The topological polar surface area (TPSA) is 24.1 Å². The largest absolute Gasteiger partial charge is 0.355 e. The van der Waals surface area contributed by atoms with E-state index in [-0.39, 0.29) is 6.04 Å². The van der Waals surface area contributed by atoms with E-state index in [1.165, 1.54) is 16.7 Å². The van der Waals surface area contributed by atoms with E-state index in [0.29, 0.717) is 11.0 Å². The fraction of sp³-hybridized carbons (Fsp3) is 0.316. The Balaban J connectivity index is 2.11. The molecule has 2 rings (SSSR count). The number of rotatable bonds is 4. The highest BCUT2D eigenvalue weighted by Crippen LogP contribution is 2.22. The summed E-state index contributed by atoms with van der Waals surface area (Å²) in [6, 6.07) is 16.8. The van der Waals surface area contributed by atoms with E-state index >= 15 is 0 Å². The van der Waals surface area contributed by atoms with Gasteiger partial charge in [-0.05, 0) is 54.7 Å². The molecule has 0 spiro atoms. The fourth-order valence-electron chi connectivity index (χ4n) is 2.48. The predicted octanol–water partition coefficient (Wildman–Crippen LogP) is 4.99. The van der Waals surface area contributed by atoms with Crippen LogP contribution in [0.25, 0.3) is 0 Å². The summed E-state index contributed by atoms with van der Waals surface area (Å²) < 4.78 is 0. The fourth-order valence-corrected chi connectivity index (χ4v) is 2.72. The van der Waals surface area contributed by atoms with Crippen LogP contribution in [0, 0.1) is 19.8 Å². The Labute approximate surface area is 139 Å². The van der Waals surface area contributed by atoms with Crippen molar-refractivity contribution >= 4 is 23.0 Å². The molecular weight excluding hydrogens is 288 g/mol. The Kier molecular flexibility index (Phi) is 5.56. The van der Waals surface area contributed by atoms with Gasteiger partial charge in [0.1, 0.15) is 0 Å². The number of anilines is 1. The first-order chi connectivity index (χ1) is 10.5. The molecule has 3 heteroatoms. The van der Waals surface area contributed by atoms with Gasteiger partial charge in [0.05, 0.1) is 6.04 Å². The quantitative estimate of drug-likeness (QED) is 0.778. The van der Waals surface area contributed by atoms with Gasteiger partial charge in [-0.1, -0.05) is 56.3 Å². The smallest absolute Gasteiger partial charge is 0.171 e. The van der Waals surface area contributed by atoms with E-state index in [1.54, 1.807) is 0 Å². The van der Waals surface area contributed by atoms with Crippen molar-refractivity contribution in [1.29, 1.82) is 0 Å². The zero-order chi connectivity index (χ0) is 16.1. The van der Waals surface area contributed by atoms with Gasteiger partial charge in [-0.25, -0.2) is 0 Å². The monoisotopic (exact) mass is 312 g/mol. The molecule has 116 valence electrons. The molecule has 2 nitrogen and oxygen atoms in total. The molecule has 0 saturated heterocycles. The first-order valence-electron chi connectivity index (χ1n) is 7.67. The second-order valence-corrected chi connectivity index (χ2v) is 6.39. The van der Waals surface area contributed by atoms with Crippen LogP contribution in [0.4, 0.5) is 5.69 Å². The molecule has 0 amide bonds. The molecule has 0 aliphatic heterocycles. The molecule has 0 fully saturated rings. The Bertz CT molecular complexity index is 635. The second-order valence-electron chi connectivity index (χ2n) is 5.98. The molecule has 2 aromatic carbocycles. The van der Waals surface area contributed by atoms with Gasteiger partial charge in [0, 0.05) is 5.69 Å². The van der Waals surface area contributed by atoms with Crippen molar-refractivity contribution in [2.75, 3.05) is 5.32 Å². The molecule has 0 aliphatic rings. The van der Waals surface area contributed by atoms with Crippen LogP contribution in [0.5, 0.6) is 0 Å². The standard InChI is InChI=1S/C19H24N2S/c1-13(2)18(16-10-6-5-7-11-16)21-19(22)20-17-12-8-9-14(3)15(17)4/h5-13,18H,1-4H3,(H2,20,21,22)/t18-/m0/s1. The minimum atomic E-state index is 0.200. The lowest BCUT2D eigenvalue weighted by Crippen LogP contribution is -2.35. The minimum Gasteiger partial charge on any atom is -0.355 e. The highest BCUT2D eigenvalue weighted by molar-refractivity contribution is 7.80. The number of benzene rings is 2. The third kappa shape index (κ3) is 4.08. The molecule has 0 unspecified atom stereocenters. The van der Waals surface area contributed by atoms with Gasteiger partial charge in [-0.3, -0.25) is 0 Å². The summed E-state index contributed by atoms with van der Waals surface area (Å²) in [5.74, 6) is 0.445. The SMILES string of the molecule is Cc1cccc(NC(=S)N[C@H](c2ccccc2)C(C)C)c1C. The minimum absolute atomic E-state index is 0.200. The second kappa shape index (κ2) is 7.41. The zero-order valence-corrected chi connectivity index (χ0v) is 14.5. The molecule has 0 aromatic heterocycles. The number of hydrogen-bond acceptors (Lipinski definition) is 1. The van der Waals surface area contributed by atoms with Gasteiger partial charge in [-0.15, -0.1) is 0 Å². The highest BCUT2D eigenvalue weighted by atomic mass is 32.1. The van der Waals surface area contributed by atoms with Crippen molar-refractivity contribution < 1.29 is 0 Å². The van der Waals surface area contributed by atoms with E-state index in [9.17, 15) is 0 Å². The van der Waals surface area contributed by atoms with E-state index in [0.717, 1.165) is 5.69 Å². The maximum atomic E-state index is 5.51. The third-order valence-electron chi connectivity index (χ3n) is 3.96. The molecule has 0 saturated carbocycles. The molecule has 2 N–H and O–H groups in total. The molecule has 1 atom stereocenters. The summed E-state index contributed by atoms with van der Waals surface area (Å²) >= 11 is 5.51. The zero-order valence-electron chi connectivity index (χ0n) is 13.7. The predicted molar refractivity (Wildman–Crippen MR) is 99.3 cm³/mol. The summed E-state index contributed by atoms with van der Waals surface area (Å²) in [6.07, 6.45) is 0. The van der Waals surface area contributed by atoms with Crippen LogP contribution in [0.1, 0.15) is 36.6 Å². The van der Waals surface area contributed by atoms with Crippen molar-refractivity contribution in [3.05, 3.63) is 65.2 Å². The Morgan fingerprint density at radius 2 is 1.64 bits per heavy atom. The van der Waals surface area contributed by atoms with Crippen molar-refractivity contribution in [1.82, 2.24) is 5.32 Å². The van der Waals surface area contributed by atoms with Gasteiger partial charge in [0.15, 0.2) is 5.11 Å². The van der Waals surface area contributed by atoms with Crippen LogP contribution in [0.15, 0.2) is 48.5 Å². The van der Waals surface area contributed by atoms with Gasteiger partial charge in [0.2, 0.25) is 0 Å². The summed E-state index contributed by atoms with van der Waals surface area (Å²) in [5, 5.41) is 7.44. The Hall–Kier alpha value is -1.87. The van der Waals surface area contributed by atoms with Crippen LogP contribution < -0.4 is 10.6 Å². The summed E-state index contributed by atoms with van der Waals surface area (Å²) in [7, 11) is 0. The lowest BCUT2D eigenvalue weighted by molar-refractivity contribution is 0.473. The lowest BCUT2D eigenvalue weighted by Gasteiger charge is -2.25. The Morgan fingerprint density at radius 1 is 0.955 bits per heavy atom. The number of hydrogen-bond donors (Lipinski definition) is 2. The lowest BCUT2D eigenvalue weighted by atomic mass is 9.96. The van der Waals surface area contributed by atoms with Gasteiger partial charge in [0.25, 0.3) is 0 Å². The maximum absolute atomic E-state index is 5.51. The first kappa shape index (κ1) is 16.5. The summed E-state index contributed by atoms with van der Waals surface area (Å²) in [4.78, 5) is 0. The average molecular weight is 312 g/mol. The van der Waals surface area contributed by atoms with Crippen molar-refractivity contribution in [3.8, 4) is 0 Å². The van der Waals surface area contributed by atoms with Crippen LogP contribution in [0.2, 0.25) is 0 Å². The van der Waals surface area contributed by atoms with Crippen molar-refractivity contribution in [2.24, 2.45) is 5.92 Å². The summed E-state index contributed by atoms with van der Waals surface area (Å²) in [6.45, 7) is 8.62. The van der Waals surface area contributed by atoms with Gasteiger partial charge in [-0.2, -0.15) is 0 Å². The maximum Gasteiger partial charge on any atom is 0.171 e. The molecular formula is C19H24N2S. The normalized spacial score (nSPS) is 12.0. The Morgan fingerprint density at radius 3 is 2.27 bits per heavy atom. The molecule has 0 aliphatic carbocycles. The highest BCUT2D eigenvalue weighted by Gasteiger charge is 2.16. The van der Waals surface area contributed by atoms with E-state index < -0.39 is 0 Å². The van der Waals surface area contributed by atoms with Gasteiger partial charge >= 0.3 is 0 Å². The van der Waals surface area contributed by atoms with Crippen molar-refractivity contribution in [2.45, 2.75) is 33.7 Å². The van der Waals surface area contributed by atoms with Crippen molar-refractivity contribution in [3.63, 3.8) is 0 Å². The number of nitrogens with one attached hydrogen (secondary N) is 2. The number of thiocarbonyl (C=S) groups is 1. The first-order valence-corrected chi connectivity index (χ1v) is 8.08. The van der Waals surface area contributed by atoms with E-state index in [1.807, 2.05) is 12.1 Å². The number of aryl methyl sites for hydroxylation is 1. The molecule has 2 aromatic rings. The van der Waals surface area contributed by atoms with Gasteiger partial charge < -0.3 is 10.6 Å². The third-order valence-corrected chi connectivity index (χ3v) is 4.18. The molecule has 0 bridgehead atoms. The van der Waals surface area contributed by atoms with Crippen LogP contribution in [0.3, 0.4) is 0 Å². The van der Waals surface area contributed by atoms with Crippen LogP contribution in [-0.4, -0.2) is 5.11 Å². The molecule has 0 radical (unpaired) electrons. The van der Waals surface area contributed by atoms with Crippen LogP contribution >= 0.6 is 12.2 Å². The van der Waals surface area contributed by atoms with E-state index in [4.69, 9.17) is 12.2 Å². The van der Waals surface area contributed by atoms with E-state index in [2.05, 4.69) is 74.7 Å². The molecule has 0 heterocycles. The molecule has 22 heavy (non-hydrogen) atoms. The van der Waals surface area contributed by atoms with Crippen LogP contribution in [-0.2, 0) is 0 Å². The average Bonchev–Trinajstić information content (AvgIpc) is 2.50. The summed E-state index contributed by atoms with van der Waals surface area (Å²) in [5.41, 5.74) is 4.81.